The van der Waals surface area contributed by atoms with E-state index in [2.05, 4.69) is 37.5 Å². The highest BCUT2D eigenvalue weighted by Gasteiger charge is 2.36. The van der Waals surface area contributed by atoms with Crippen LogP contribution in [0, 0.1) is 3.57 Å². The van der Waals surface area contributed by atoms with E-state index in [9.17, 15) is 9.59 Å². The molecule has 0 saturated heterocycles. The summed E-state index contributed by atoms with van der Waals surface area (Å²) in [5.41, 5.74) is 7.53. The van der Waals surface area contributed by atoms with Gasteiger partial charge in [-0.25, -0.2) is 19.7 Å². The zero-order chi connectivity index (χ0) is 18.4. The average Bonchev–Trinajstić information content (AvgIpc) is 2.83. The molecule has 8 nitrogen and oxygen atoms in total. The van der Waals surface area contributed by atoms with Crippen molar-refractivity contribution in [2.24, 2.45) is 0 Å². The summed E-state index contributed by atoms with van der Waals surface area (Å²) in [6, 6.07) is 1.71. The number of nitrogens with one attached hydrogen (secondary N) is 1. The van der Waals surface area contributed by atoms with Crippen LogP contribution in [0.25, 0.3) is 11.4 Å². The van der Waals surface area contributed by atoms with E-state index in [0.29, 0.717) is 26.9 Å². The number of hydrogen-bond acceptors (Lipinski definition) is 6. The van der Waals surface area contributed by atoms with E-state index in [-0.39, 0.29) is 18.4 Å². The number of halogens is 1. The van der Waals surface area contributed by atoms with Crippen molar-refractivity contribution in [1.82, 2.24) is 19.9 Å². The Morgan fingerprint density at radius 2 is 2.16 bits per heavy atom. The van der Waals surface area contributed by atoms with Crippen molar-refractivity contribution in [3.8, 4) is 11.4 Å². The first-order chi connectivity index (χ1) is 11.7. The number of aromatic nitrogens is 3. The topological polar surface area (TPSA) is 114 Å². The molecule has 0 radical (unpaired) electrons. The predicted octanol–water partition coefficient (Wildman–Crippen LogP) is 2.59. The Balaban J connectivity index is 1.95. The first-order valence-electron chi connectivity index (χ1n) is 7.71. The number of rotatable bonds is 1. The van der Waals surface area contributed by atoms with Gasteiger partial charge in [0.1, 0.15) is 5.60 Å². The molecule has 0 spiro atoms. The number of nitrogens with two attached hydrogens (primary N) is 1. The van der Waals surface area contributed by atoms with E-state index in [1.165, 1.54) is 0 Å². The highest BCUT2D eigenvalue weighted by molar-refractivity contribution is 14.1. The third-order valence-corrected chi connectivity index (χ3v) is 4.68. The van der Waals surface area contributed by atoms with Crippen LogP contribution in [0.1, 0.15) is 36.8 Å². The molecule has 3 heterocycles. The van der Waals surface area contributed by atoms with Gasteiger partial charge in [0.2, 0.25) is 5.95 Å². The minimum atomic E-state index is -0.660. The first-order valence-corrected chi connectivity index (χ1v) is 8.79. The minimum Gasteiger partial charge on any atom is -0.443 e. The summed E-state index contributed by atoms with van der Waals surface area (Å²) in [5, 5.41) is 0. The summed E-state index contributed by atoms with van der Waals surface area (Å²) >= 11 is 2.08. The first kappa shape index (κ1) is 17.6. The van der Waals surface area contributed by atoms with Crippen LogP contribution in [-0.4, -0.2) is 44.0 Å². The summed E-state index contributed by atoms with van der Waals surface area (Å²) in [7, 11) is 0. The van der Waals surface area contributed by atoms with Crippen molar-refractivity contribution < 1.29 is 14.3 Å². The maximum Gasteiger partial charge on any atom is 0.417 e. The number of nitrogen functional groups attached to an aromatic ring is 1. The number of carbonyl (C=O) groups is 2. The van der Waals surface area contributed by atoms with Gasteiger partial charge in [-0.2, -0.15) is 0 Å². The highest BCUT2D eigenvalue weighted by atomic mass is 127. The van der Waals surface area contributed by atoms with Crippen LogP contribution in [0.5, 0.6) is 0 Å². The number of amides is 2. The minimum absolute atomic E-state index is 0.155. The molecule has 0 unspecified atom stereocenters. The summed E-state index contributed by atoms with van der Waals surface area (Å²) in [6.07, 6.45) is 1.45. The van der Waals surface area contributed by atoms with Crippen LogP contribution in [0.2, 0.25) is 0 Å². The van der Waals surface area contributed by atoms with Crippen molar-refractivity contribution in [1.29, 1.82) is 0 Å². The second kappa shape index (κ2) is 6.28. The second-order valence-corrected chi connectivity index (χ2v) is 7.73. The number of anilines is 1. The van der Waals surface area contributed by atoms with E-state index in [1.807, 2.05) is 0 Å². The summed E-state index contributed by atoms with van der Waals surface area (Å²) < 4.78 is 6.02. The zero-order valence-electron chi connectivity index (χ0n) is 14.1. The number of imide groups is 1. The average molecular weight is 455 g/mol. The molecule has 0 saturated carbocycles. The SMILES string of the molecule is CC(C)(C)OC(=O)N1CCc2[nH]c(-c3ccnc(N)n3)c(I)c2C1=O. The van der Waals surface area contributed by atoms with Gasteiger partial charge in [0.05, 0.1) is 20.5 Å². The van der Waals surface area contributed by atoms with Gasteiger partial charge in [0, 0.05) is 24.9 Å². The van der Waals surface area contributed by atoms with Gasteiger partial charge in [-0.15, -0.1) is 0 Å². The molecule has 0 aliphatic carbocycles. The summed E-state index contributed by atoms with van der Waals surface area (Å²) in [5.74, 6) is -0.216. The number of fused-ring (bicyclic) bond motifs is 1. The van der Waals surface area contributed by atoms with Crippen molar-refractivity contribution in [2.45, 2.75) is 32.8 Å². The fourth-order valence-electron chi connectivity index (χ4n) is 2.58. The Morgan fingerprint density at radius 3 is 2.80 bits per heavy atom. The lowest BCUT2D eigenvalue weighted by Gasteiger charge is -2.28. The van der Waals surface area contributed by atoms with Crippen LogP contribution in [0.3, 0.4) is 0 Å². The van der Waals surface area contributed by atoms with Crippen molar-refractivity contribution in [2.75, 3.05) is 12.3 Å². The number of ether oxygens (including phenoxy) is 1. The van der Waals surface area contributed by atoms with Gasteiger partial charge >= 0.3 is 6.09 Å². The van der Waals surface area contributed by atoms with E-state index in [0.717, 1.165) is 10.6 Å². The Labute approximate surface area is 158 Å². The fourth-order valence-corrected chi connectivity index (χ4v) is 3.54. The smallest absolute Gasteiger partial charge is 0.417 e. The number of nitrogens with zero attached hydrogens (tertiary/aromatic N) is 3. The number of hydrogen-bond donors (Lipinski definition) is 2. The maximum absolute atomic E-state index is 12.8. The van der Waals surface area contributed by atoms with Crippen molar-refractivity contribution >= 4 is 40.5 Å². The predicted molar refractivity (Wildman–Crippen MR) is 99.9 cm³/mol. The molecule has 3 rings (SSSR count). The molecule has 2 amide bonds. The van der Waals surface area contributed by atoms with E-state index < -0.39 is 11.7 Å². The molecule has 0 aromatic carbocycles. The van der Waals surface area contributed by atoms with Gasteiger partial charge < -0.3 is 15.5 Å². The van der Waals surface area contributed by atoms with Crippen molar-refractivity contribution in [3.63, 3.8) is 0 Å². The molecule has 0 bridgehead atoms. The molecular formula is C16H18IN5O3. The molecule has 2 aromatic rings. The standard InChI is InChI=1S/C16H18IN5O3/c1-16(2,3)25-15(24)22-7-5-8-10(13(22)23)11(17)12(20-8)9-4-6-19-14(18)21-9/h4,6,20H,5,7H2,1-3H3,(H2,18,19,21). The third-order valence-electron chi connectivity index (χ3n) is 3.61. The van der Waals surface area contributed by atoms with Crippen LogP contribution in [0.15, 0.2) is 12.3 Å². The van der Waals surface area contributed by atoms with Crippen molar-refractivity contribution in [3.05, 3.63) is 27.1 Å². The monoisotopic (exact) mass is 455 g/mol. The number of H-pyrrole nitrogens is 1. The number of aromatic amines is 1. The molecule has 2 aromatic heterocycles. The second-order valence-electron chi connectivity index (χ2n) is 6.65. The van der Waals surface area contributed by atoms with E-state index >= 15 is 0 Å². The van der Waals surface area contributed by atoms with Crippen LogP contribution in [0.4, 0.5) is 10.7 Å². The van der Waals surface area contributed by atoms with Crippen LogP contribution >= 0.6 is 22.6 Å². The molecule has 0 atom stereocenters. The molecule has 132 valence electrons. The zero-order valence-corrected chi connectivity index (χ0v) is 16.2. The lowest BCUT2D eigenvalue weighted by Crippen LogP contribution is -2.44. The van der Waals surface area contributed by atoms with Gasteiger partial charge in [-0.1, -0.05) is 0 Å². The van der Waals surface area contributed by atoms with Gasteiger partial charge in [-0.05, 0) is 49.4 Å². The van der Waals surface area contributed by atoms with E-state index in [1.54, 1.807) is 33.0 Å². The number of carbonyl (C=O) groups excluding carboxylic acids is 2. The Kier molecular flexibility index (Phi) is 4.43. The van der Waals surface area contributed by atoms with Crippen LogP contribution in [-0.2, 0) is 11.2 Å². The largest absolute Gasteiger partial charge is 0.443 e. The Bertz CT molecular complexity index is 856. The Hall–Kier alpha value is -2.17. The third kappa shape index (κ3) is 3.46. The molecule has 0 fully saturated rings. The fraction of sp³-hybridized carbons (Fsp3) is 0.375. The highest BCUT2D eigenvalue weighted by Crippen LogP contribution is 2.32. The molecule has 3 N–H and O–H groups in total. The lowest BCUT2D eigenvalue weighted by atomic mass is 10.1. The summed E-state index contributed by atoms with van der Waals surface area (Å²) in [4.78, 5) is 37.6. The molecule has 9 heteroatoms. The maximum atomic E-state index is 12.8. The quantitative estimate of drug-likeness (QED) is 0.640. The lowest BCUT2D eigenvalue weighted by molar-refractivity contribution is 0.0233. The van der Waals surface area contributed by atoms with E-state index in [4.69, 9.17) is 10.5 Å². The van der Waals surface area contributed by atoms with Gasteiger partial charge in [0.15, 0.2) is 0 Å². The van der Waals surface area contributed by atoms with Gasteiger partial charge in [-0.3, -0.25) is 4.79 Å². The Morgan fingerprint density at radius 1 is 1.44 bits per heavy atom. The summed E-state index contributed by atoms with van der Waals surface area (Å²) in [6.45, 7) is 5.57. The molecule has 1 aliphatic heterocycles. The molecule has 1 aliphatic rings. The molecular weight excluding hydrogens is 437 g/mol. The van der Waals surface area contributed by atoms with Crippen LogP contribution < -0.4 is 5.73 Å². The van der Waals surface area contributed by atoms with Gasteiger partial charge in [0.25, 0.3) is 5.91 Å². The molecule has 25 heavy (non-hydrogen) atoms. The normalized spacial score (nSPS) is 14.4.